The first-order valence-corrected chi connectivity index (χ1v) is 8.06. The van der Waals surface area contributed by atoms with Gasteiger partial charge in [0.15, 0.2) is 0 Å². The van der Waals surface area contributed by atoms with E-state index in [0.29, 0.717) is 30.6 Å². The predicted molar refractivity (Wildman–Crippen MR) is 83.7 cm³/mol. The van der Waals surface area contributed by atoms with Crippen molar-refractivity contribution in [2.75, 3.05) is 13.1 Å². The van der Waals surface area contributed by atoms with Crippen molar-refractivity contribution in [2.24, 2.45) is 11.7 Å². The maximum absolute atomic E-state index is 12.7. The summed E-state index contributed by atoms with van der Waals surface area (Å²) in [5.41, 5.74) is 7.00. The van der Waals surface area contributed by atoms with E-state index in [-0.39, 0.29) is 29.3 Å². The van der Waals surface area contributed by atoms with Crippen LogP contribution in [-0.2, 0) is 10.0 Å². The van der Waals surface area contributed by atoms with Crippen LogP contribution in [0.5, 0.6) is 0 Å². The van der Waals surface area contributed by atoms with Crippen LogP contribution in [-0.4, -0.2) is 31.9 Å². The van der Waals surface area contributed by atoms with Crippen LogP contribution in [0.25, 0.3) is 0 Å². The molecule has 0 spiro atoms. The van der Waals surface area contributed by atoms with Gasteiger partial charge in [-0.3, -0.25) is 0 Å². The number of nitrogens with zero attached hydrogens (tertiary/aromatic N) is 2. The molecule has 21 heavy (non-hydrogen) atoms. The largest absolute Gasteiger partial charge is 0.327 e. The van der Waals surface area contributed by atoms with Crippen LogP contribution in [0.4, 0.5) is 0 Å². The van der Waals surface area contributed by atoms with Gasteiger partial charge in [0.25, 0.3) is 0 Å². The van der Waals surface area contributed by atoms with E-state index in [0.717, 1.165) is 0 Å². The van der Waals surface area contributed by atoms with Gasteiger partial charge in [0.2, 0.25) is 10.0 Å². The highest BCUT2D eigenvalue weighted by Crippen LogP contribution is 2.25. The van der Waals surface area contributed by atoms with Gasteiger partial charge in [-0.2, -0.15) is 9.57 Å². The lowest BCUT2D eigenvalue weighted by atomic mass is 9.96. The number of piperidine rings is 1. The SMILES string of the molecule is Cc1cc(C#N)ccc1S(=O)(=O)N1CCC(N)C(C)C1.Cl. The Hall–Kier alpha value is -1.13. The lowest BCUT2D eigenvalue weighted by Crippen LogP contribution is -2.48. The van der Waals surface area contributed by atoms with Crippen molar-refractivity contribution in [1.82, 2.24) is 4.31 Å². The van der Waals surface area contributed by atoms with Crippen LogP contribution in [0.1, 0.15) is 24.5 Å². The molecular formula is C14H20ClN3O2S. The molecule has 0 aromatic heterocycles. The van der Waals surface area contributed by atoms with Gasteiger partial charge >= 0.3 is 0 Å². The predicted octanol–water partition coefficient (Wildman–Crippen LogP) is 1.65. The summed E-state index contributed by atoms with van der Waals surface area (Å²) >= 11 is 0. The Labute approximate surface area is 132 Å². The van der Waals surface area contributed by atoms with E-state index in [1.807, 2.05) is 13.0 Å². The maximum Gasteiger partial charge on any atom is 0.243 e. The molecule has 2 unspecified atom stereocenters. The van der Waals surface area contributed by atoms with Crippen molar-refractivity contribution in [2.45, 2.75) is 31.2 Å². The molecule has 2 atom stereocenters. The van der Waals surface area contributed by atoms with Gasteiger partial charge in [-0.1, -0.05) is 6.92 Å². The van der Waals surface area contributed by atoms with Crippen LogP contribution >= 0.6 is 12.4 Å². The Morgan fingerprint density at radius 1 is 1.43 bits per heavy atom. The zero-order chi connectivity index (χ0) is 14.9. The van der Waals surface area contributed by atoms with Crippen LogP contribution in [0, 0.1) is 24.2 Å². The molecule has 1 aromatic carbocycles. The molecule has 0 saturated carbocycles. The van der Waals surface area contributed by atoms with Gasteiger partial charge < -0.3 is 5.73 Å². The van der Waals surface area contributed by atoms with Crippen molar-refractivity contribution >= 4 is 22.4 Å². The van der Waals surface area contributed by atoms with Gasteiger partial charge in [0, 0.05) is 19.1 Å². The topological polar surface area (TPSA) is 87.2 Å². The Kier molecular flexibility index (Phi) is 5.76. The van der Waals surface area contributed by atoms with E-state index in [2.05, 4.69) is 0 Å². The normalized spacial score (nSPS) is 23.1. The molecule has 7 heteroatoms. The third-order valence-corrected chi connectivity index (χ3v) is 5.88. The minimum Gasteiger partial charge on any atom is -0.327 e. The molecule has 5 nitrogen and oxygen atoms in total. The summed E-state index contributed by atoms with van der Waals surface area (Å²) in [4.78, 5) is 0.277. The second-order valence-corrected chi connectivity index (χ2v) is 7.29. The van der Waals surface area contributed by atoms with E-state index in [4.69, 9.17) is 11.0 Å². The number of sulfonamides is 1. The number of rotatable bonds is 2. The average molecular weight is 330 g/mol. The molecule has 1 aliphatic rings. The molecule has 1 aromatic rings. The summed E-state index contributed by atoms with van der Waals surface area (Å²) in [7, 11) is -3.51. The molecule has 1 heterocycles. The van der Waals surface area contributed by atoms with Gasteiger partial charge in [0.1, 0.15) is 0 Å². The standard InChI is InChI=1S/C14H19N3O2S.ClH/c1-10-7-12(8-15)3-4-14(10)20(18,19)17-6-5-13(16)11(2)9-17;/h3-4,7,11,13H,5-6,9,16H2,1-2H3;1H. The zero-order valence-corrected chi connectivity index (χ0v) is 13.7. The first kappa shape index (κ1) is 17.9. The second kappa shape index (κ2) is 6.75. The Morgan fingerprint density at radius 3 is 2.62 bits per heavy atom. The summed E-state index contributed by atoms with van der Waals surface area (Å²) in [6, 6.07) is 6.73. The monoisotopic (exact) mass is 329 g/mol. The average Bonchev–Trinajstić information content (AvgIpc) is 2.41. The van der Waals surface area contributed by atoms with Crippen LogP contribution in [0.15, 0.2) is 23.1 Å². The first-order valence-electron chi connectivity index (χ1n) is 6.62. The number of hydrogen-bond acceptors (Lipinski definition) is 4. The number of hydrogen-bond donors (Lipinski definition) is 1. The fourth-order valence-corrected chi connectivity index (χ4v) is 4.25. The molecule has 0 bridgehead atoms. The van der Waals surface area contributed by atoms with E-state index >= 15 is 0 Å². The van der Waals surface area contributed by atoms with E-state index in [1.54, 1.807) is 19.1 Å². The molecule has 1 saturated heterocycles. The molecule has 116 valence electrons. The summed E-state index contributed by atoms with van der Waals surface area (Å²) in [6.07, 6.45) is 0.676. The third kappa shape index (κ3) is 3.55. The summed E-state index contributed by atoms with van der Waals surface area (Å²) in [5.74, 6) is 0.150. The highest BCUT2D eigenvalue weighted by molar-refractivity contribution is 7.89. The molecule has 0 amide bonds. The summed E-state index contributed by atoms with van der Waals surface area (Å²) < 4.78 is 26.8. The number of nitriles is 1. The maximum atomic E-state index is 12.7. The Balaban J connectivity index is 0.00000220. The molecule has 2 rings (SSSR count). The second-order valence-electron chi connectivity index (χ2n) is 5.38. The summed E-state index contributed by atoms with van der Waals surface area (Å²) in [6.45, 7) is 4.58. The number of halogens is 1. The highest BCUT2D eigenvalue weighted by atomic mass is 35.5. The first-order chi connectivity index (χ1) is 9.36. The lowest BCUT2D eigenvalue weighted by Gasteiger charge is -2.34. The van der Waals surface area contributed by atoms with Crippen LogP contribution < -0.4 is 5.73 Å². The molecule has 0 aliphatic carbocycles. The van der Waals surface area contributed by atoms with Crippen LogP contribution in [0.3, 0.4) is 0 Å². The van der Waals surface area contributed by atoms with Gasteiger partial charge in [-0.25, -0.2) is 8.42 Å². The molecule has 1 fully saturated rings. The van der Waals surface area contributed by atoms with Crippen molar-refractivity contribution in [3.63, 3.8) is 0 Å². The third-order valence-electron chi connectivity index (χ3n) is 3.86. The number of nitrogens with two attached hydrogens (primary N) is 1. The molecule has 1 aliphatic heterocycles. The van der Waals surface area contributed by atoms with Crippen molar-refractivity contribution in [3.8, 4) is 6.07 Å². The minimum atomic E-state index is -3.51. The number of aryl methyl sites for hydroxylation is 1. The quantitative estimate of drug-likeness (QED) is 0.893. The Bertz CT molecular complexity index is 655. The molecule has 2 N–H and O–H groups in total. The number of benzene rings is 1. The van der Waals surface area contributed by atoms with Crippen molar-refractivity contribution in [3.05, 3.63) is 29.3 Å². The molecule has 0 radical (unpaired) electrons. The smallest absolute Gasteiger partial charge is 0.243 e. The minimum absolute atomic E-state index is 0. The fourth-order valence-electron chi connectivity index (χ4n) is 2.49. The van der Waals surface area contributed by atoms with E-state index in [9.17, 15) is 8.42 Å². The van der Waals surface area contributed by atoms with Crippen molar-refractivity contribution in [1.29, 1.82) is 5.26 Å². The van der Waals surface area contributed by atoms with Crippen LogP contribution in [0.2, 0.25) is 0 Å². The van der Waals surface area contributed by atoms with Gasteiger partial charge in [0.05, 0.1) is 16.5 Å². The van der Waals surface area contributed by atoms with E-state index in [1.165, 1.54) is 10.4 Å². The highest BCUT2D eigenvalue weighted by Gasteiger charge is 2.32. The zero-order valence-electron chi connectivity index (χ0n) is 12.1. The van der Waals surface area contributed by atoms with Crippen molar-refractivity contribution < 1.29 is 8.42 Å². The van der Waals surface area contributed by atoms with Gasteiger partial charge in [-0.05, 0) is 43.0 Å². The molecular weight excluding hydrogens is 310 g/mol. The Morgan fingerprint density at radius 2 is 2.10 bits per heavy atom. The summed E-state index contributed by atoms with van der Waals surface area (Å²) in [5, 5.41) is 8.84. The van der Waals surface area contributed by atoms with E-state index < -0.39 is 10.0 Å². The lowest BCUT2D eigenvalue weighted by molar-refractivity contribution is 0.250. The van der Waals surface area contributed by atoms with Gasteiger partial charge in [-0.15, -0.1) is 12.4 Å². The fraction of sp³-hybridized carbons (Fsp3) is 0.500.